The lowest BCUT2D eigenvalue weighted by molar-refractivity contribution is -0.138. The Morgan fingerprint density at radius 2 is 1.85 bits per heavy atom. The van der Waals surface area contributed by atoms with Crippen LogP contribution in [0.15, 0.2) is 59.0 Å². The molecule has 0 aliphatic heterocycles. The van der Waals surface area contributed by atoms with E-state index in [2.05, 4.69) is 4.98 Å². The molecule has 26 heavy (non-hydrogen) atoms. The second-order valence-electron chi connectivity index (χ2n) is 6.12. The average Bonchev–Trinajstić information content (AvgIpc) is 3.03. The summed E-state index contributed by atoms with van der Waals surface area (Å²) in [5.74, 6) is 0.742. The number of aromatic nitrogens is 1. The summed E-state index contributed by atoms with van der Waals surface area (Å²) in [6, 6.07) is 16.9. The van der Waals surface area contributed by atoms with Gasteiger partial charge in [-0.25, -0.2) is 4.98 Å². The van der Waals surface area contributed by atoms with Crippen molar-refractivity contribution in [2.75, 3.05) is 6.61 Å². The van der Waals surface area contributed by atoms with E-state index in [0.717, 1.165) is 22.6 Å². The molecule has 0 saturated heterocycles. The average molecular weight is 351 g/mol. The van der Waals surface area contributed by atoms with Gasteiger partial charge in [0.15, 0.2) is 0 Å². The molecule has 0 saturated carbocycles. The van der Waals surface area contributed by atoms with E-state index in [1.165, 1.54) is 0 Å². The number of carbonyl (C=O) groups is 1. The summed E-state index contributed by atoms with van der Waals surface area (Å²) >= 11 is 0. The second kappa shape index (κ2) is 7.87. The first-order valence-electron chi connectivity index (χ1n) is 8.52. The maximum absolute atomic E-state index is 11.0. The Bertz CT molecular complexity index is 869. The normalized spacial score (nSPS) is 11.9. The lowest BCUT2D eigenvalue weighted by Gasteiger charge is -2.09. The number of aliphatic carboxylic acids is 1. The van der Waals surface area contributed by atoms with Gasteiger partial charge in [0.1, 0.15) is 11.5 Å². The summed E-state index contributed by atoms with van der Waals surface area (Å²) in [5.41, 5.74) is 2.58. The quantitative estimate of drug-likeness (QED) is 0.680. The molecular weight excluding hydrogens is 330 g/mol. The van der Waals surface area contributed by atoms with E-state index in [4.69, 9.17) is 14.3 Å². The van der Waals surface area contributed by atoms with Crippen LogP contribution in [0.3, 0.4) is 0 Å². The molecule has 1 atom stereocenters. The minimum atomic E-state index is -0.839. The Kier molecular flexibility index (Phi) is 5.37. The molecule has 0 radical (unpaired) electrons. The van der Waals surface area contributed by atoms with Gasteiger partial charge in [-0.1, -0.05) is 30.3 Å². The van der Waals surface area contributed by atoms with Crippen LogP contribution in [0.1, 0.15) is 29.9 Å². The molecule has 3 rings (SSSR count). The van der Waals surface area contributed by atoms with E-state index in [-0.39, 0.29) is 0 Å². The van der Waals surface area contributed by atoms with Crippen molar-refractivity contribution in [1.82, 2.24) is 4.98 Å². The molecule has 1 heterocycles. The van der Waals surface area contributed by atoms with Crippen molar-refractivity contribution in [3.8, 4) is 17.2 Å². The Morgan fingerprint density at radius 1 is 1.15 bits per heavy atom. The molecule has 2 aromatic carbocycles. The molecular formula is C21H21NO4. The zero-order chi connectivity index (χ0) is 18.5. The number of rotatable bonds is 7. The lowest BCUT2D eigenvalue weighted by Crippen LogP contribution is -2.07. The van der Waals surface area contributed by atoms with E-state index in [1.807, 2.05) is 37.3 Å². The fraction of sp³-hybridized carbons (Fsp3) is 0.238. The number of aryl methyl sites for hydroxylation is 1. The number of benzene rings is 2. The van der Waals surface area contributed by atoms with Crippen molar-refractivity contribution in [3.63, 3.8) is 0 Å². The zero-order valence-corrected chi connectivity index (χ0v) is 14.8. The highest BCUT2D eigenvalue weighted by molar-refractivity contribution is 5.75. The summed E-state index contributed by atoms with van der Waals surface area (Å²) in [6.45, 7) is 4.03. The van der Waals surface area contributed by atoms with E-state index in [9.17, 15) is 4.79 Å². The number of nitrogens with zero attached hydrogens (tertiary/aromatic N) is 1. The minimum Gasteiger partial charge on any atom is -0.493 e. The number of oxazole rings is 1. The van der Waals surface area contributed by atoms with Crippen LogP contribution < -0.4 is 4.74 Å². The maximum Gasteiger partial charge on any atom is 0.310 e. The summed E-state index contributed by atoms with van der Waals surface area (Å²) < 4.78 is 11.5. The Labute approximate surface area is 152 Å². The third-order valence-corrected chi connectivity index (χ3v) is 4.27. The molecule has 0 spiro atoms. The third-order valence-electron chi connectivity index (χ3n) is 4.27. The van der Waals surface area contributed by atoms with Gasteiger partial charge in [-0.3, -0.25) is 4.79 Å². The molecule has 3 aromatic rings. The smallest absolute Gasteiger partial charge is 0.310 e. The van der Waals surface area contributed by atoms with Gasteiger partial charge >= 0.3 is 5.97 Å². The molecule has 5 heteroatoms. The first-order chi connectivity index (χ1) is 12.5. The molecule has 134 valence electrons. The summed E-state index contributed by atoms with van der Waals surface area (Å²) in [6.07, 6.45) is 0.634. The highest BCUT2D eigenvalue weighted by Crippen LogP contribution is 2.22. The number of hydrogen-bond acceptors (Lipinski definition) is 4. The Morgan fingerprint density at radius 3 is 2.50 bits per heavy atom. The lowest BCUT2D eigenvalue weighted by atomic mass is 10.0. The number of carboxylic acids is 1. The molecule has 0 aliphatic carbocycles. The second-order valence-corrected chi connectivity index (χ2v) is 6.12. The van der Waals surface area contributed by atoms with Gasteiger partial charge in [-0.2, -0.15) is 0 Å². The van der Waals surface area contributed by atoms with Crippen LogP contribution in [0, 0.1) is 6.92 Å². The number of hydrogen-bond donors (Lipinski definition) is 1. The fourth-order valence-electron chi connectivity index (χ4n) is 2.63. The van der Waals surface area contributed by atoms with E-state index in [0.29, 0.717) is 24.7 Å². The van der Waals surface area contributed by atoms with Crippen LogP contribution in [0.25, 0.3) is 11.5 Å². The van der Waals surface area contributed by atoms with E-state index >= 15 is 0 Å². The zero-order valence-electron chi connectivity index (χ0n) is 14.8. The highest BCUT2D eigenvalue weighted by atomic mass is 16.5. The largest absolute Gasteiger partial charge is 0.493 e. The van der Waals surface area contributed by atoms with Crippen molar-refractivity contribution >= 4 is 5.97 Å². The van der Waals surface area contributed by atoms with Gasteiger partial charge in [0.25, 0.3) is 0 Å². The minimum absolute atomic E-state index is 0.468. The van der Waals surface area contributed by atoms with Crippen molar-refractivity contribution < 1.29 is 19.1 Å². The molecule has 1 aromatic heterocycles. The van der Waals surface area contributed by atoms with Crippen molar-refractivity contribution in [2.24, 2.45) is 0 Å². The molecule has 0 bridgehead atoms. The Hall–Kier alpha value is -3.08. The van der Waals surface area contributed by atoms with Crippen LogP contribution in [-0.4, -0.2) is 22.7 Å². The first-order valence-corrected chi connectivity index (χ1v) is 8.52. The third kappa shape index (κ3) is 4.11. The monoisotopic (exact) mass is 351 g/mol. The predicted molar refractivity (Wildman–Crippen MR) is 98.4 cm³/mol. The Balaban J connectivity index is 1.58. The van der Waals surface area contributed by atoms with Gasteiger partial charge in [0.05, 0.1) is 18.2 Å². The summed E-state index contributed by atoms with van der Waals surface area (Å²) in [7, 11) is 0. The van der Waals surface area contributed by atoms with Crippen LogP contribution in [-0.2, 0) is 11.2 Å². The topological polar surface area (TPSA) is 72.6 Å². The standard InChI is InChI=1S/C21H21NO4/c1-14(21(23)24)16-8-10-18(11-9-16)25-13-12-19-15(2)26-20(22-19)17-6-4-3-5-7-17/h3-11,14H,12-13H2,1-2H3,(H,23,24). The molecule has 1 unspecified atom stereocenters. The highest BCUT2D eigenvalue weighted by Gasteiger charge is 2.14. The van der Waals surface area contributed by atoms with Gasteiger partial charge in [0, 0.05) is 12.0 Å². The molecule has 1 N–H and O–H groups in total. The van der Waals surface area contributed by atoms with Crippen LogP contribution in [0.4, 0.5) is 0 Å². The molecule has 0 amide bonds. The van der Waals surface area contributed by atoms with Crippen molar-refractivity contribution in [2.45, 2.75) is 26.2 Å². The van der Waals surface area contributed by atoms with Gasteiger partial charge < -0.3 is 14.3 Å². The predicted octanol–water partition coefficient (Wildman–Crippen LogP) is 4.46. The van der Waals surface area contributed by atoms with E-state index in [1.54, 1.807) is 31.2 Å². The number of ether oxygens (including phenoxy) is 1. The van der Waals surface area contributed by atoms with Crippen molar-refractivity contribution in [1.29, 1.82) is 0 Å². The van der Waals surface area contributed by atoms with Crippen LogP contribution in [0.2, 0.25) is 0 Å². The summed E-state index contributed by atoms with van der Waals surface area (Å²) in [5, 5.41) is 9.04. The van der Waals surface area contributed by atoms with E-state index < -0.39 is 11.9 Å². The fourth-order valence-corrected chi connectivity index (χ4v) is 2.63. The van der Waals surface area contributed by atoms with Gasteiger partial charge in [0.2, 0.25) is 5.89 Å². The first kappa shape index (κ1) is 17.7. The van der Waals surface area contributed by atoms with Gasteiger partial charge in [-0.15, -0.1) is 0 Å². The van der Waals surface area contributed by atoms with Crippen molar-refractivity contribution in [3.05, 3.63) is 71.6 Å². The molecule has 0 aliphatic rings. The maximum atomic E-state index is 11.0. The van der Waals surface area contributed by atoms with Crippen LogP contribution in [0.5, 0.6) is 5.75 Å². The molecule has 0 fully saturated rings. The summed E-state index contributed by atoms with van der Waals surface area (Å²) in [4.78, 5) is 15.6. The molecule has 5 nitrogen and oxygen atoms in total. The van der Waals surface area contributed by atoms with Crippen LogP contribution >= 0.6 is 0 Å². The number of carboxylic acid groups (broad SMARTS) is 1. The van der Waals surface area contributed by atoms with Gasteiger partial charge in [-0.05, 0) is 43.7 Å². The SMILES string of the molecule is Cc1oc(-c2ccccc2)nc1CCOc1ccc(C(C)C(=O)O)cc1.